The first kappa shape index (κ1) is 10.1. The van der Waals surface area contributed by atoms with Gasteiger partial charge in [-0.05, 0) is 18.8 Å². The lowest BCUT2D eigenvalue weighted by atomic mass is 9.46. The van der Waals surface area contributed by atoms with Crippen LogP contribution in [0.1, 0.15) is 19.8 Å². The lowest BCUT2D eigenvalue weighted by Crippen LogP contribution is -2.68. The van der Waals surface area contributed by atoms with Crippen LogP contribution in [0.15, 0.2) is 9.98 Å². The van der Waals surface area contributed by atoms with Crippen LogP contribution in [-0.2, 0) is 4.74 Å². The van der Waals surface area contributed by atoms with Gasteiger partial charge in [-0.3, -0.25) is 0 Å². The maximum Gasteiger partial charge on any atom is 0.221 e. The van der Waals surface area contributed by atoms with Gasteiger partial charge in [-0.2, -0.15) is 10.5 Å². The van der Waals surface area contributed by atoms with Crippen LogP contribution in [0.5, 0.6) is 0 Å². The van der Waals surface area contributed by atoms with Gasteiger partial charge in [0.1, 0.15) is 0 Å². The molecule has 0 saturated heterocycles. The molecule has 0 aromatic rings. The van der Waals surface area contributed by atoms with Gasteiger partial charge in [0.25, 0.3) is 0 Å². The smallest absolute Gasteiger partial charge is 0.221 e. The minimum atomic E-state index is -0.642. The minimum Gasteiger partial charge on any atom is -0.427 e. The Labute approximate surface area is 105 Å². The van der Waals surface area contributed by atoms with E-state index in [9.17, 15) is 10.5 Å². The molecule has 0 aromatic carbocycles. The molecule has 18 heavy (non-hydrogen) atoms. The molecule has 2 aliphatic carbocycles. The van der Waals surface area contributed by atoms with Crippen molar-refractivity contribution in [1.29, 1.82) is 10.5 Å². The SMILES string of the molecule is CC1=N[C@]23C(=N[C@H](C[C@@H]2C#N)[C@H]2C[C@@H](C#N)[C@H]23)O1. The van der Waals surface area contributed by atoms with Crippen LogP contribution >= 0.6 is 0 Å². The third kappa shape index (κ3) is 0.861. The fourth-order valence-corrected chi connectivity index (χ4v) is 4.26. The van der Waals surface area contributed by atoms with E-state index in [-0.39, 0.29) is 23.8 Å². The van der Waals surface area contributed by atoms with E-state index < -0.39 is 5.54 Å². The van der Waals surface area contributed by atoms with Crippen molar-refractivity contribution in [3.05, 3.63) is 0 Å². The molecule has 1 spiro atoms. The number of nitrogens with zero attached hydrogens (tertiary/aromatic N) is 4. The molecule has 0 radical (unpaired) electrons. The Hall–Kier alpha value is -1.88. The Morgan fingerprint density at radius 3 is 2.89 bits per heavy atom. The van der Waals surface area contributed by atoms with E-state index in [1.54, 1.807) is 6.92 Å². The Morgan fingerprint density at radius 2 is 2.17 bits per heavy atom. The molecule has 0 aromatic heterocycles. The Kier molecular flexibility index (Phi) is 1.64. The van der Waals surface area contributed by atoms with Gasteiger partial charge >= 0.3 is 0 Å². The monoisotopic (exact) mass is 240 g/mol. The molecule has 3 aliphatic heterocycles. The summed E-state index contributed by atoms with van der Waals surface area (Å²) >= 11 is 0. The standard InChI is InChI=1S/C13H12N4O/c1-6-17-13-8(5-15)3-10(16-12(13)18-6)9-2-7(4-14)11(9)13/h7-11H,2-3H2,1H3/t7-,8+,9+,10+,11+,13+/m0/s1. The summed E-state index contributed by atoms with van der Waals surface area (Å²) in [4.78, 5) is 9.24. The maximum absolute atomic E-state index is 9.42. The number of ether oxygens (including phenoxy) is 1. The summed E-state index contributed by atoms with van der Waals surface area (Å²) in [5, 5.41) is 18.6. The average molecular weight is 240 g/mol. The van der Waals surface area contributed by atoms with Gasteiger partial charge in [0.15, 0.2) is 11.4 Å². The summed E-state index contributed by atoms with van der Waals surface area (Å²) in [7, 11) is 0. The topological polar surface area (TPSA) is 81.5 Å². The van der Waals surface area contributed by atoms with Crippen LogP contribution in [0.2, 0.25) is 0 Å². The van der Waals surface area contributed by atoms with Crippen LogP contribution in [0, 0.1) is 46.3 Å². The molecule has 90 valence electrons. The normalized spacial score (nSPS) is 50.7. The molecule has 0 N–H and O–H groups in total. The van der Waals surface area contributed by atoms with Crippen LogP contribution in [0.25, 0.3) is 0 Å². The summed E-state index contributed by atoms with van der Waals surface area (Å²) < 4.78 is 5.61. The van der Waals surface area contributed by atoms with Crippen molar-refractivity contribution >= 4 is 11.8 Å². The van der Waals surface area contributed by atoms with Crippen molar-refractivity contribution < 1.29 is 4.74 Å². The first-order chi connectivity index (χ1) is 8.70. The first-order valence-corrected chi connectivity index (χ1v) is 6.32. The summed E-state index contributed by atoms with van der Waals surface area (Å²) in [5.74, 6) is 1.54. The molecule has 0 amide bonds. The van der Waals surface area contributed by atoms with Crippen LogP contribution in [0.4, 0.5) is 0 Å². The number of hydrogen-bond donors (Lipinski definition) is 0. The molecular formula is C13H12N4O. The molecular weight excluding hydrogens is 228 g/mol. The molecule has 5 rings (SSSR count). The third-order valence-electron chi connectivity index (χ3n) is 4.97. The van der Waals surface area contributed by atoms with Crippen molar-refractivity contribution in [2.45, 2.75) is 31.3 Å². The highest BCUT2D eigenvalue weighted by Gasteiger charge is 2.70. The van der Waals surface area contributed by atoms with Gasteiger partial charge in [0, 0.05) is 12.8 Å². The molecule has 5 heteroatoms. The largest absolute Gasteiger partial charge is 0.427 e. The van der Waals surface area contributed by atoms with Crippen LogP contribution in [0.3, 0.4) is 0 Å². The van der Waals surface area contributed by atoms with Crippen LogP contribution < -0.4 is 0 Å². The third-order valence-corrected chi connectivity index (χ3v) is 4.97. The molecule has 2 saturated carbocycles. The van der Waals surface area contributed by atoms with Gasteiger partial charge < -0.3 is 4.74 Å². The van der Waals surface area contributed by atoms with Gasteiger partial charge in [-0.1, -0.05) is 0 Å². The Balaban J connectivity index is 1.92. The summed E-state index contributed by atoms with van der Waals surface area (Å²) in [5.41, 5.74) is -0.642. The Bertz CT molecular complexity index is 581. The zero-order valence-electron chi connectivity index (χ0n) is 10.00. The average Bonchev–Trinajstić information content (AvgIpc) is 2.63. The highest BCUT2D eigenvalue weighted by atomic mass is 16.5. The summed E-state index contributed by atoms with van der Waals surface area (Å²) in [6, 6.07) is 4.89. The van der Waals surface area contributed by atoms with Crippen molar-refractivity contribution in [3.63, 3.8) is 0 Å². The second kappa shape index (κ2) is 2.92. The van der Waals surface area contributed by atoms with Crippen molar-refractivity contribution in [1.82, 2.24) is 0 Å². The van der Waals surface area contributed by atoms with Gasteiger partial charge in [-0.15, -0.1) is 0 Å². The van der Waals surface area contributed by atoms with E-state index in [2.05, 4.69) is 22.1 Å². The molecule has 5 nitrogen and oxygen atoms in total. The zero-order chi connectivity index (χ0) is 12.5. The van der Waals surface area contributed by atoms with Crippen molar-refractivity contribution in [2.24, 2.45) is 33.7 Å². The number of rotatable bonds is 0. The van der Waals surface area contributed by atoms with E-state index in [4.69, 9.17) is 4.74 Å². The van der Waals surface area contributed by atoms with E-state index in [0.717, 1.165) is 12.8 Å². The van der Waals surface area contributed by atoms with Gasteiger partial charge in [0.2, 0.25) is 5.90 Å². The van der Waals surface area contributed by atoms with E-state index in [0.29, 0.717) is 17.7 Å². The lowest BCUT2D eigenvalue weighted by Gasteiger charge is -2.59. The molecule has 2 fully saturated rings. The number of fused-ring (bicyclic) bond motifs is 1. The molecule has 0 unspecified atom stereocenters. The summed E-state index contributed by atoms with van der Waals surface area (Å²) in [6.07, 6.45) is 1.66. The molecule has 6 atom stereocenters. The van der Waals surface area contributed by atoms with Crippen molar-refractivity contribution in [3.8, 4) is 12.1 Å². The minimum absolute atomic E-state index is 0.00241. The van der Waals surface area contributed by atoms with Gasteiger partial charge in [-0.25, -0.2) is 9.98 Å². The fourth-order valence-electron chi connectivity index (χ4n) is 4.26. The van der Waals surface area contributed by atoms with E-state index >= 15 is 0 Å². The molecule has 3 heterocycles. The highest BCUT2D eigenvalue weighted by Crippen LogP contribution is 2.62. The highest BCUT2D eigenvalue weighted by molar-refractivity contribution is 6.04. The number of aliphatic imine (C=N–C) groups is 2. The first-order valence-electron chi connectivity index (χ1n) is 6.32. The molecule has 5 aliphatic rings. The zero-order valence-corrected chi connectivity index (χ0v) is 10.00. The number of nitriles is 2. The summed E-state index contributed by atoms with van der Waals surface area (Å²) in [6.45, 7) is 1.80. The van der Waals surface area contributed by atoms with Gasteiger partial charge in [0.05, 0.1) is 30.0 Å². The lowest BCUT2D eigenvalue weighted by molar-refractivity contribution is -0.0266. The van der Waals surface area contributed by atoms with Crippen LogP contribution in [-0.4, -0.2) is 23.4 Å². The Morgan fingerprint density at radius 1 is 1.33 bits per heavy atom. The predicted molar refractivity (Wildman–Crippen MR) is 62.6 cm³/mol. The number of hydrogen-bond acceptors (Lipinski definition) is 5. The quantitative estimate of drug-likeness (QED) is 0.639. The second-order valence-corrected chi connectivity index (χ2v) is 5.64. The van der Waals surface area contributed by atoms with E-state index in [1.165, 1.54) is 0 Å². The predicted octanol–water partition coefficient (Wildman–Crippen LogP) is 1.27. The second-order valence-electron chi connectivity index (χ2n) is 5.64. The molecule has 2 bridgehead atoms. The van der Waals surface area contributed by atoms with Crippen molar-refractivity contribution in [2.75, 3.05) is 0 Å². The van der Waals surface area contributed by atoms with E-state index in [1.807, 2.05) is 0 Å². The fraction of sp³-hybridized carbons (Fsp3) is 0.692. The maximum atomic E-state index is 9.42.